The first-order valence-electron chi connectivity index (χ1n) is 7.27. The zero-order valence-electron chi connectivity index (χ0n) is 12.7. The smallest absolute Gasteiger partial charge is 0.231 e. The normalized spacial score (nSPS) is 13.4. The second-order valence-corrected chi connectivity index (χ2v) is 5.59. The second kappa shape index (κ2) is 5.77. The van der Waals surface area contributed by atoms with Crippen molar-refractivity contribution < 1.29 is 9.47 Å². The molecule has 5 nitrogen and oxygen atoms in total. The fourth-order valence-electron chi connectivity index (χ4n) is 2.31. The molecule has 0 saturated heterocycles. The van der Waals surface area contributed by atoms with Crippen LogP contribution in [0.3, 0.4) is 0 Å². The third-order valence-electron chi connectivity index (χ3n) is 3.90. The van der Waals surface area contributed by atoms with Gasteiger partial charge in [0.15, 0.2) is 11.5 Å². The highest BCUT2D eigenvalue weighted by Gasteiger charge is 2.15. The first kappa shape index (κ1) is 13.9. The Labute approximate surface area is 124 Å². The maximum absolute atomic E-state index is 5.45. The van der Waals surface area contributed by atoms with Crippen LogP contribution < -0.4 is 14.8 Å². The van der Waals surface area contributed by atoms with E-state index in [0.717, 1.165) is 41.2 Å². The Morgan fingerprint density at radius 1 is 1.29 bits per heavy atom. The van der Waals surface area contributed by atoms with E-state index in [-0.39, 0.29) is 0 Å². The van der Waals surface area contributed by atoms with Gasteiger partial charge in [-0.15, -0.1) is 0 Å². The maximum Gasteiger partial charge on any atom is 0.231 e. The summed E-state index contributed by atoms with van der Waals surface area (Å²) < 4.78 is 10.9. The van der Waals surface area contributed by atoms with Crippen LogP contribution >= 0.6 is 0 Å². The van der Waals surface area contributed by atoms with Crippen LogP contribution in [0.1, 0.15) is 13.8 Å². The molecule has 0 spiro atoms. The van der Waals surface area contributed by atoms with Crippen molar-refractivity contribution in [2.45, 2.75) is 19.9 Å². The van der Waals surface area contributed by atoms with Crippen LogP contribution in [0.2, 0.25) is 0 Å². The number of aromatic nitrogens is 1. The minimum atomic E-state index is 0.293. The number of hydrogen-bond acceptors (Lipinski definition) is 5. The van der Waals surface area contributed by atoms with Crippen molar-refractivity contribution in [1.29, 1.82) is 0 Å². The Balaban J connectivity index is 1.79. The van der Waals surface area contributed by atoms with Gasteiger partial charge in [0.05, 0.1) is 0 Å². The molecule has 1 aromatic heterocycles. The van der Waals surface area contributed by atoms with Gasteiger partial charge in [-0.25, -0.2) is 4.98 Å². The van der Waals surface area contributed by atoms with Crippen molar-refractivity contribution in [3.63, 3.8) is 0 Å². The molecule has 0 amide bonds. The van der Waals surface area contributed by atoms with E-state index in [2.05, 4.69) is 36.1 Å². The van der Waals surface area contributed by atoms with Crippen LogP contribution in [0.25, 0.3) is 10.8 Å². The minimum absolute atomic E-state index is 0.293. The molecule has 112 valence electrons. The van der Waals surface area contributed by atoms with E-state index >= 15 is 0 Å². The quantitative estimate of drug-likeness (QED) is 0.916. The number of hydrogen-bond donors (Lipinski definition) is 1. The SMILES string of the molecule is CC(C)N(C)CCNc1nccc2cc3c(cc12)OCO3. The topological polar surface area (TPSA) is 46.6 Å². The van der Waals surface area contributed by atoms with Gasteiger partial charge in [0.1, 0.15) is 5.82 Å². The van der Waals surface area contributed by atoms with Crippen LogP contribution in [0.15, 0.2) is 24.4 Å². The first-order chi connectivity index (χ1) is 10.1. The number of rotatable bonds is 5. The third kappa shape index (κ3) is 2.88. The Hall–Kier alpha value is -2.01. The van der Waals surface area contributed by atoms with Gasteiger partial charge in [-0.05, 0) is 44.5 Å². The molecule has 1 aliphatic rings. The van der Waals surface area contributed by atoms with Gasteiger partial charge in [-0.3, -0.25) is 0 Å². The average molecular weight is 287 g/mol. The number of fused-ring (bicyclic) bond motifs is 2. The molecule has 0 aliphatic carbocycles. The molecule has 0 saturated carbocycles. The van der Waals surface area contributed by atoms with Gasteiger partial charge in [-0.1, -0.05) is 0 Å². The van der Waals surface area contributed by atoms with E-state index < -0.39 is 0 Å². The number of nitrogens with one attached hydrogen (secondary N) is 1. The zero-order chi connectivity index (χ0) is 14.8. The lowest BCUT2D eigenvalue weighted by Gasteiger charge is -2.21. The van der Waals surface area contributed by atoms with E-state index in [9.17, 15) is 0 Å². The lowest BCUT2D eigenvalue weighted by atomic mass is 10.1. The lowest BCUT2D eigenvalue weighted by Crippen LogP contribution is -2.31. The van der Waals surface area contributed by atoms with Crippen molar-refractivity contribution in [1.82, 2.24) is 9.88 Å². The van der Waals surface area contributed by atoms with Crippen LogP contribution in [-0.4, -0.2) is 42.9 Å². The fraction of sp³-hybridized carbons (Fsp3) is 0.438. The summed E-state index contributed by atoms with van der Waals surface area (Å²) in [6, 6.07) is 6.54. The summed E-state index contributed by atoms with van der Waals surface area (Å²) in [6.45, 7) is 6.50. The number of ether oxygens (including phenoxy) is 2. The molecule has 3 rings (SSSR count). The Bertz CT molecular complexity index is 643. The molecular formula is C16H21N3O2. The van der Waals surface area contributed by atoms with Crippen LogP contribution in [0.4, 0.5) is 5.82 Å². The summed E-state index contributed by atoms with van der Waals surface area (Å²) in [7, 11) is 2.13. The highest BCUT2D eigenvalue weighted by molar-refractivity contribution is 5.94. The van der Waals surface area contributed by atoms with Gasteiger partial charge in [0.2, 0.25) is 6.79 Å². The van der Waals surface area contributed by atoms with Gasteiger partial charge in [0.25, 0.3) is 0 Å². The summed E-state index contributed by atoms with van der Waals surface area (Å²) >= 11 is 0. The molecule has 2 heterocycles. The number of likely N-dealkylation sites (N-methyl/N-ethyl adjacent to an activating group) is 1. The maximum atomic E-state index is 5.45. The van der Waals surface area contributed by atoms with E-state index in [1.54, 1.807) is 0 Å². The largest absolute Gasteiger partial charge is 0.454 e. The Kier molecular flexibility index (Phi) is 3.84. The van der Waals surface area contributed by atoms with E-state index in [4.69, 9.17) is 9.47 Å². The van der Waals surface area contributed by atoms with Crippen LogP contribution in [0.5, 0.6) is 11.5 Å². The molecule has 1 aliphatic heterocycles. The molecule has 0 unspecified atom stereocenters. The summed E-state index contributed by atoms with van der Waals surface area (Å²) in [5.41, 5.74) is 0. The van der Waals surface area contributed by atoms with Gasteiger partial charge in [-0.2, -0.15) is 0 Å². The van der Waals surface area contributed by atoms with Crippen molar-refractivity contribution in [3.05, 3.63) is 24.4 Å². The number of pyridine rings is 1. The molecule has 2 aromatic rings. The van der Waals surface area contributed by atoms with Crippen LogP contribution in [-0.2, 0) is 0 Å². The van der Waals surface area contributed by atoms with Crippen LogP contribution in [0, 0.1) is 0 Å². The van der Waals surface area contributed by atoms with Gasteiger partial charge >= 0.3 is 0 Å². The monoisotopic (exact) mass is 287 g/mol. The minimum Gasteiger partial charge on any atom is -0.454 e. The van der Waals surface area contributed by atoms with Crippen molar-refractivity contribution in [2.24, 2.45) is 0 Å². The molecule has 0 radical (unpaired) electrons. The molecule has 0 bridgehead atoms. The summed E-state index contributed by atoms with van der Waals surface area (Å²) in [5.74, 6) is 2.49. The molecular weight excluding hydrogens is 266 g/mol. The standard InChI is InChI=1S/C16H21N3O2/c1-11(2)19(3)7-6-18-16-13-9-15-14(20-10-21-15)8-12(13)4-5-17-16/h4-5,8-9,11H,6-7,10H2,1-3H3,(H,17,18). The zero-order valence-corrected chi connectivity index (χ0v) is 12.7. The predicted molar refractivity (Wildman–Crippen MR) is 84.1 cm³/mol. The second-order valence-electron chi connectivity index (χ2n) is 5.59. The Morgan fingerprint density at radius 2 is 2.05 bits per heavy atom. The molecule has 0 atom stereocenters. The summed E-state index contributed by atoms with van der Waals surface area (Å²) in [5, 5.41) is 5.58. The Morgan fingerprint density at radius 3 is 2.81 bits per heavy atom. The van der Waals surface area contributed by atoms with Crippen molar-refractivity contribution in [3.8, 4) is 11.5 Å². The summed E-state index contributed by atoms with van der Waals surface area (Å²) in [6.07, 6.45) is 1.82. The molecule has 5 heteroatoms. The van der Waals surface area contributed by atoms with E-state index in [1.807, 2.05) is 24.4 Å². The summed E-state index contributed by atoms with van der Waals surface area (Å²) in [4.78, 5) is 6.75. The lowest BCUT2D eigenvalue weighted by molar-refractivity contribution is 0.174. The average Bonchev–Trinajstić information content (AvgIpc) is 2.92. The fourth-order valence-corrected chi connectivity index (χ4v) is 2.31. The molecule has 1 N–H and O–H groups in total. The van der Waals surface area contributed by atoms with E-state index in [0.29, 0.717) is 12.8 Å². The van der Waals surface area contributed by atoms with E-state index in [1.165, 1.54) is 0 Å². The molecule has 0 fully saturated rings. The van der Waals surface area contributed by atoms with Crippen molar-refractivity contribution >= 4 is 16.6 Å². The number of benzene rings is 1. The highest BCUT2D eigenvalue weighted by Crippen LogP contribution is 2.37. The predicted octanol–water partition coefficient (Wildman–Crippen LogP) is 2.72. The van der Waals surface area contributed by atoms with Gasteiger partial charge < -0.3 is 19.7 Å². The number of anilines is 1. The molecule has 1 aromatic carbocycles. The van der Waals surface area contributed by atoms with Gasteiger partial charge in [0, 0.05) is 30.7 Å². The third-order valence-corrected chi connectivity index (χ3v) is 3.90. The first-order valence-corrected chi connectivity index (χ1v) is 7.27. The molecule has 21 heavy (non-hydrogen) atoms. The number of nitrogens with zero attached hydrogens (tertiary/aromatic N) is 2. The highest BCUT2D eigenvalue weighted by atomic mass is 16.7. The van der Waals surface area contributed by atoms with Crippen molar-refractivity contribution in [2.75, 3.05) is 32.2 Å².